The quantitative estimate of drug-likeness (QED) is 0.614. The zero-order chi connectivity index (χ0) is 21.0. The molecule has 7 nitrogen and oxygen atoms in total. The molecule has 1 aromatic carbocycles. The Morgan fingerprint density at radius 3 is 2.52 bits per heavy atom. The van der Waals surface area contributed by atoms with E-state index in [1.165, 1.54) is 4.90 Å². The zero-order valence-electron chi connectivity index (χ0n) is 16.7. The van der Waals surface area contributed by atoms with Crippen LogP contribution < -0.4 is 4.90 Å². The van der Waals surface area contributed by atoms with Gasteiger partial charge >= 0.3 is 11.9 Å². The van der Waals surface area contributed by atoms with Gasteiger partial charge < -0.3 is 9.47 Å². The van der Waals surface area contributed by atoms with Crippen LogP contribution in [0.3, 0.4) is 0 Å². The smallest absolute Gasteiger partial charge is 0.350 e. The van der Waals surface area contributed by atoms with Gasteiger partial charge in [-0.15, -0.1) is 0 Å². The van der Waals surface area contributed by atoms with Crippen molar-refractivity contribution in [2.24, 2.45) is 11.8 Å². The van der Waals surface area contributed by atoms with Gasteiger partial charge in [0.25, 0.3) is 5.91 Å². The molecule has 1 aliphatic carbocycles. The molecule has 0 unspecified atom stereocenters. The summed E-state index contributed by atoms with van der Waals surface area (Å²) in [6.07, 6.45) is 0.801. The second-order valence-electron chi connectivity index (χ2n) is 7.02. The highest BCUT2D eigenvalue weighted by molar-refractivity contribution is 7.17. The Morgan fingerprint density at radius 1 is 1.21 bits per heavy atom. The molecule has 154 valence electrons. The maximum Gasteiger partial charge on any atom is 0.350 e. The van der Waals surface area contributed by atoms with Gasteiger partial charge in [0.15, 0.2) is 11.7 Å². The lowest BCUT2D eigenvalue weighted by Crippen LogP contribution is -2.34. The van der Waals surface area contributed by atoms with E-state index in [2.05, 4.69) is 4.98 Å². The molecule has 0 N–H and O–H groups in total. The van der Waals surface area contributed by atoms with Gasteiger partial charge in [0.05, 0.1) is 24.8 Å². The Bertz CT molecular complexity index is 896. The fourth-order valence-corrected chi connectivity index (χ4v) is 3.86. The fourth-order valence-electron chi connectivity index (χ4n) is 2.88. The molecule has 1 saturated carbocycles. The molecule has 1 fully saturated rings. The number of aromatic nitrogens is 1. The number of amides is 1. The molecular weight excluding hydrogens is 392 g/mol. The van der Waals surface area contributed by atoms with E-state index in [4.69, 9.17) is 9.47 Å². The van der Waals surface area contributed by atoms with Crippen molar-refractivity contribution in [3.63, 3.8) is 0 Å². The standard InChI is InChI=1S/C21H24N2O5S/c1-4-27-20(26)18-14(3)22-21(29-18)23(11-15-8-6-5-7-9-15)17(24)12-28-19(25)16-10-13(16)2/h5-9,13,16H,4,10-12H2,1-3H3/t13-,16-/m0/s1. The first-order valence-corrected chi connectivity index (χ1v) is 10.4. The number of benzene rings is 1. The molecule has 0 saturated heterocycles. The van der Waals surface area contributed by atoms with E-state index in [9.17, 15) is 14.4 Å². The van der Waals surface area contributed by atoms with Crippen LogP contribution >= 0.6 is 11.3 Å². The number of nitrogens with zero attached hydrogens (tertiary/aromatic N) is 2. The van der Waals surface area contributed by atoms with E-state index in [1.807, 2.05) is 37.3 Å². The van der Waals surface area contributed by atoms with Gasteiger partial charge in [0, 0.05) is 0 Å². The van der Waals surface area contributed by atoms with Crippen molar-refractivity contribution in [2.75, 3.05) is 18.1 Å². The van der Waals surface area contributed by atoms with E-state index >= 15 is 0 Å². The molecular formula is C21H24N2O5S. The first kappa shape index (κ1) is 21.0. The van der Waals surface area contributed by atoms with E-state index in [0.717, 1.165) is 23.3 Å². The molecule has 0 aliphatic heterocycles. The highest BCUT2D eigenvalue weighted by Crippen LogP contribution is 2.38. The minimum absolute atomic E-state index is 0.108. The number of esters is 2. The monoisotopic (exact) mass is 416 g/mol. The minimum Gasteiger partial charge on any atom is -0.462 e. The first-order chi connectivity index (χ1) is 13.9. The Morgan fingerprint density at radius 2 is 1.90 bits per heavy atom. The van der Waals surface area contributed by atoms with Crippen molar-refractivity contribution in [1.29, 1.82) is 0 Å². The highest BCUT2D eigenvalue weighted by Gasteiger charge is 2.41. The number of anilines is 1. The van der Waals surface area contributed by atoms with Gasteiger partial charge in [0.1, 0.15) is 4.88 Å². The second-order valence-corrected chi connectivity index (χ2v) is 8.00. The van der Waals surface area contributed by atoms with Crippen molar-refractivity contribution in [2.45, 2.75) is 33.7 Å². The van der Waals surface area contributed by atoms with E-state index < -0.39 is 5.97 Å². The lowest BCUT2D eigenvalue weighted by Gasteiger charge is -2.20. The van der Waals surface area contributed by atoms with Gasteiger partial charge in [-0.25, -0.2) is 9.78 Å². The highest BCUT2D eigenvalue weighted by atomic mass is 32.1. The Labute approximate surface area is 173 Å². The average Bonchev–Trinajstić information content (AvgIpc) is 3.32. The number of hydrogen-bond donors (Lipinski definition) is 0. The van der Waals surface area contributed by atoms with E-state index in [0.29, 0.717) is 21.6 Å². The van der Waals surface area contributed by atoms with E-state index in [1.54, 1.807) is 13.8 Å². The van der Waals surface area contributed by atoms with Crippen molar-refractivity contribution in [1.82, 2.24) is 4.98 Å². The predicted molar refractivity (Wildman–Crippen MR) is 109 cm³/mol. The first-order valence-electron chi connectivity index (χ1n) is 9.56. The zero-order valence-corrected chi connectivity index (χ0v) is 17.5. The number of thiazole rings is 1. The van der Waals surface area contributed by atoms with Crippen LogP contribution in [0.5, 0.6) is 0 Å². The molecule has 3 rings (SSSR count). The van der Waals surface area contributed by atoms with E-state index in [-0.39, 0.29) is 37.6 Å². The van der Waals surface area contributed by atoms with Crippen LogP contribution in [0.25, 0.3) is 0 Å². The molecule has 1 aliphatic rings. The largest absolute Gasteiger partial charge is 0.462 e. The molecule has 0 radical (unpaired) electrons. The number of rotatable bonds is 8. The lowest BCUT2D eigenvalue weighted by molar-refractivity contribution is -0.149. The molecule has 29 heavy (non-hydrogen) atoms. The summed E-state index contributed by atoms with van der Waals surface area (Å²) in [5.41, 5.74) is 1.40. The van der Waals surface area contributed by atoms with Crippen LogP contribution in [0.2, 0.25) is 0 Å². The number of aryl methyl sites for hydroxylation is 1. The molecule has 2 aromatic rings. The van der Waals surface area contributed by atoms with Crippen LogP contribution in [-0.2, 0) is 25.6 Å². The van der Waals surface area contributed by atoms with Crippen molar-refractivity contribution < 1.29 is 23.9 Å². The van der Waals surface area contributed by atoms with Crippen LogP contribution in [0.1, 0.15) is 41.2 Å². The summed E-state index contributed by atoms with van der Waals surface area (Å²) in [5.74, 6) is -0.989. The Balaban J connectivity index is 1.79. The van der Waals surface area contributed by atoms with Crippen LogP contribution in [0.15, 0.2) is 30.3 Å². The summed E-state index contributed by atoms with van der Waals surface area (Å²) in [4.78, 5) is 43.2. The SMILES string of the molecule is CCOC(=O)c1sc(N(Cc2ccccc2)C(=O)COC(=O)[C@H]2C[C@@H]2C)nc1C. The summed E-state index contributed by atoms with van der Waals surface area (Å²) >= 11 is 1.10. The molecule has 0 bridgehead atoms. The van der Waals surface area contributed by atoms with Gasteiger partial charge in [-0.1, -0.05) is 48.6 Å². The topological polar surface area (TPSA) is 85.8 Å². The fraction of sp³-hybridized carbons (Fsp3) is 0.429. The summed E-state index contributed by atoms with van der Waals surface area (Å²) < 4.78 is 10.3. The van der Waals surface area contributed by atoms with Gasteiger partial charge in [-0.3, -0.25) is 14.5 Å². The lowest BCUT2D eigenvalue weighted by atomic mass is 10.2. The second kappa shape index (κ2) is 9.17. The van der Waals surface area contributed by atoms with Gasteiger partial charge in [-0.05, 0) is 31.7 Å². The molecule has 0 spiro atoms. The van der Waals surface area contributed by atoms with Gasteiger partial charge in [0.2, 0.25) is 0 Å². The number of hydrogen-bond acceptors (Lipinski definition) is 7. The normalized spacial score (nSPS) is 17.5. The van der Waals surface area contributed by atoms with Crippen molar-refractivity contribution in [3.8, 4) is 0 Å². The van der Waals surface area contributed by atoms with Crippen molar-refractivity contribution in [3.05, 3.63) is 46.5 Å². The summed E-state index contributed by atoms with van der Waals surface area (Å²) in [6, 6.07) is 9.43. The van der Waals surface area contributed by atoms with Crippen LogP contribution in [-0.4, -0.2) is 36.0 Å². The Hall–Kier alpha value is -2.74. The molecule has 2 atom stereocenters. The summed E-state index contributed by atoms with van der Waals surface area (Å²) in [7, 11) is 0. The van der Waals surface area contributed by atoms with Gasteiger partial charge in [-0.2, -0.15) is 0 Å². The maximum absolute atomic E-state index is 12.9. The van der Waals surface area contributed by atoms with Crippen molar-refractivity contribution >= 4 is 34.3 Å². The molecule has 1 amide bonds. The Kier molecular flexibility index (Phi) is 6.64. The minimum atomic E-state index is -0.463. The number of carbonyl (C=O) groups is 3. The van der Waals surface area contributed by atoms with Crippen LogP contribution in [0, 0.1) is 18.8 Å². The number of carbonyl (C=O) groups excluding carboxylic acids is 3. The summed E-state index contributed by atoms with van der Waals surface area (Å²) in [5, 5.41) is 0.371. The third kappa shape index (κ3) is 5.20. The predicted octanol–water partition coefficient (Wildman–Crippen LogP) is 3.36. The van der Waals surface area contributed by atoms with Crippen LogP contribution in [0.4, 0.5) is 5.13 Å². The third-order valence-corrected chi connectivity index (χ3v) is 5.87. The summed E-state index contributed by atoms with van der Waals surface area (Å²) in [6.45, 7) is 5.56. The molecule has 8 heteroatoms. The average molecular weight is 416 g/mol. The molecule has 1 aromatic heterocycles. The maximum atomic E-state index is 12.9. The molecule has 1 heterocycles. The number of ether oxygens (including phenoxy) is 2. The third-order valence-electron chi connectivity index (χ3n) is 4.71.